The highest BCUT2D eigenvalue weighted by atomic mass is 32.2. The number of fused-ring (bicyclic) bond motifs is 1. The summed E-state index contributed by atoms with van der Waals surface area (Å²) in [6, 6.07) is 5.04. The number of rotatable bonds is 3. The molecule has 0 aromatic carbocycles. The first kappa shape index (κ1) is 17.8. The van der Waals surface area contributed by atoms with Gasteiger partial charge in [-0.3, -0.25) is 4.98 Å². The number of halogens is 3. The Bertz CT molecular complexity index is 1150. The van der Waals surface area contributed by atoms with Crippen molar-refractivity contribution in [1.82, 2.24) is 19.6 Å². The number of hydrogen-bond donors (Lipinski definition) is 0. The third kappa shape index (κ3) is 3.11. The second-order valence-corrected chi connectivity index (χ2v) is 7.48. The zero-order valence-corrected chi connectivity index (χ0v) is 14.0. The average Bonchev–Trinajstić information content (AvgIpc) is 3.04. The van der Waals surface area contributed by atoms with Gasteiger partial charge in [-0.05, 0) is 12.1 Å². The van der Waals surface area contributed by atoms with Crippen LogP contribution in [-0.2, 0) is 16.0 Å². The minimum Gasteiger partial charge on any atom is -0.252 e. The molecule has 3 aromatic rings. The van der Waals surface area contributed by atoms with E-state index >= 15 is 0 Å². The summed E-state index contributed by atoms with van der Waals surface area (Å²) in [7, 11) is -3.74. The molecule has 0 aliphatic heterocycles. The van der Waals surface area contributed by atoms with E-state index in [1.807, 2.05) is 0 Å². The minimum absolute atomic E-state index is 0.0388. The monoisotopic (exact) mass is 381 g/mol. The number of aromatic nitrogens is 4. The Morgan fingerprint density at radius 2 is 2.04 bits per heavy atom. The highest BCUT2D eigenvalue weighted by molar-refractivity contribution is 7.91. The van der Waals surface area contributed by atoms with E-state index in [2.05, 4.69) is 15.1 Å². The van der Waals surface area contributed by atoms with Crippen molar-refractivity contribution >= 4 is 15.5 Å². The van der Waals surface area contributed by atoms with Gasteiger partial charge in [0.25, 0.3) is 0 Å². The quantitative estimate of drug-likeness (QED) is 0.691. The lowest BCUT2D eigenvalue weighted by molar-refractivity contribution is -0.141. The Kier molecular flexibility index (Phi) is 4.15. The lowest BCUT2D eigenvalue weighted by Gasteiger charge is -2.08. The number of pyridine rings is 1. The van der Waals surface area contributed by atoms with Crippen molar-refractivity contribution in [2.24, 2.45) is 0 Å². The molecule has 3 heterocycles. The van der Waals surface area contributed by atoms with Gasteiger partial charge in [-0.2, -0.15) is 23.5 Å². The van der Waals surface area contributed by atoms with Crippen molar-refractivity contribution in [3.63, 3.8) is 0 Å². The zero-order valence-electron chi connectivity index (χ0n) is 13.2. The fourth-order valence-electron chi connectivity index (χ4n) is 2.24. The van der Waals surface area contributed by atoms with Crippen molar-refractivity contribution in [1.29, 1.82) is 5.26 Å². The van der Waals surface area contributed by atoms with Crippen LogP contribution in [0.5, 0.6) is 0 Å². The smallest absolute Gasteiger partial charge is 0.252 e. The Morgan fingerprint density at radius 1 is 1.31 bits per heavy atom. The molecule has 3 rings (SSSR count). The van der Waals surface area contributed by atoms with Gasteiger partial charge < -0.3 is 0 Å². The van der Waals surface area contributed by atoms with Crippen LogP contribution in [0.1, 0.15) is 18.2 Å². The van der Waals surface area contributed by atoms with Gasteiger partial charge in [0.2, 0.25) is 0 Å². The Balaban J connectivity index is 2.22. The fraction of sp³-hybridized carbons (Fsp3) is 0.200. The van der Waals surface area contributed by atoms with Gasteiger partial charge in [-0.25, -0.2) is 17.9 Å². The van der Waals surface area contributed by atoms with Crippen LogP contribution >= 0.6 is 0 Å². The molecule has 0 aliphatic carbocycles. The second-order valence-electron chi connectivity index (χ2n) is 5.23. The van der Waals surface area contributed by atoms with E-state index in [0.29, 0.717) is 0 Å². The van der Waals surface area contributed by atoms with Crippen LogP contribution in [-0.4, -0.2) is 33.8 Å². The van der Waals surface area contributed by atoms with Gasteiger partial charge in [0.05, 0.1) is 21.9 Å². The molecule has 0 aliphatic rings. The standard InChI is InChI=1S/C15H10F3N5O2S/c1-2-26(24,25)11-5-9(7-19)8-20-14(11)10-3-4-23-13(21-10)6-12(22-23)15(16,17)18/h3-6,8H,2H2,1H3. The number of sulfone groups is 1. The van der Waals surface area contributed by atoms with Crippen LogP contribution in [0.3, 0.4) is 0 Å². The normalized spacial score (nSPS) is 12.3. The highest BCUT2D eigenvalue weighted by Crippen LogP contribution is 2.30. The third-order valence-corrected chi connectivity index (χ3v) is 5.30. The molecule has 0 unspecified atom stereocenters. The van der Waals surface area contributed by atoms with Crippen LogP contribution in [0.4, 0.5) is 13.2 Å². The SMILES string of the molecule is CCS(=O)(=O)c1cc(C#N)cnc1-c1ccn2nc(C(F)(F)F)cc2n1. The molecular formula is C15H10F3N5O2S. The summed E-state index contributed by atoms with van der Waals surface area (Å²) in [5, 5.41) is 12.3. The molecule has 26 heavy (non-hydrogen) atoms. The third-order valence-electron chi connectivity index (χ3n) is 3.55. The van der Waals surface area contributed by atoms with Crippen LogP contribution in [0.25, 0.3) is 17.0 Å². The minimum atomic E-state index is -4.63. The summed E-state index contributed by atoms with van der Waals surface area (Å²) in [6.07, 6.45) is -2.22. The molecule has 7 nitrogen and oxygen atoms in total. The average molecular weight is 381 g/mol. The first-order valence-corrected chi connectivity index (χ1v) is 8.88. The van der Waals surface area contributed by atoms with Crippen molar-refractivity contribution in [2.75, 3.05) is 5.75 Å². The number of alkyl halides is 3. The van der Waals surface area contributed by atoms with E-state index in [-0.39, 0.29) is 33.2 Å². The van der Waals surface area contributed by atoms with Crippen LogP contribution in [0.15, 0.2) is 35.5 Å². The lowest BCUT2D eigenvalue weighted by Crippen LogP contribution is -2.08. The van der Waals surface area contributed by atoms with Crippen LogP contribution in [0, 0.1) is 11.3 Å². The van der Waals surface area contributed by atoms with E-state index in [1.54, 1.807) is 6.07 Å². The maximum Gasteiger partial charge on any atom is 0.435 e. The molecule has 0 N–H and O–H groups in total. The molecule has 0 fully saturated rings. The molecule has 11 heteroatoms. The molecule has 0 bridgehead atoms. The van der Waals surface area contributed by atoms with Gasteiger partial charge >= 0.3 is 6.18 Å². The number of nitriles is 1. The summed E-state index contributed by atoms with van der Waals surface area (Å²) in [4.78, 5) is 7.81. The van der Waals surface area contributed by atoms with Gasteiger partial charge in [-0.15, -0.1) is 0 Å². The molecular weight excluding hydrogens is 371 g/mol. The van der Waals surface area contributed by atoms with Crippen LogP contribution in [0.2, 0.25) is 0 Å². The molecule has 0 spiro atoms. The Labute approximate surface area is 145 Å². The van der Waals surface area contributed by atoms with E-state index in [4.69, 9.17) is 5.26 Å². The summed E-state index contributed by atoms with van der Waals surface area (Å²) >= 11 is 0. The first-order chi connectivity index (χ1) is 12.2. The summed E-state index contributed by atoms with van der Waals surface area (Å²) in [5.74, 6) is -0.232. The second kappa shape index (κ2) is 6.06. The van der Waals surface area contributed by atoms with E-state index in [1.165, 1.54) is 31.5 Å². The van der Waals surface area contributed by atoms with Gasteiger partial charge in [0.1, 0.15) is 11.8 Å². The van der Waals surface area contributed by atoms with Crippen molar-refractivity contribution < 1.29 is 21.6 Å². The molecule has 0 saturated carbocycles. The highest BCUT2D eigenvalue weighted by Gasteiger charge is 2.34. The Hall–Kier alpha value is -3.00. The maximum atomic E-state index is 12.8. The molecule has 0 amide bonds. The summed E-state index contributed by atoms with van der Waals surface area (Å²) in [5.41, 5.74) is -1.16. The van der Waals surface area contributed by atoms with Gasteiger partial charge in [-0.1, -0.05) is 6.92 Å². The van der Waals surface area contributed by atoms with E-state index < -0.39 is 21.7 Å². The van der Waals surface area contributed by atoms with Crippen molar-refractivity contribution in [3.8, 4) is 17.5 Å². The van der Waals surface area contributed by atoms with Gasteiger partial charge in [0, 0.05) is 18.5 Å². The largest absolute Gasteiger partial charge is 0.435 e. The lowest BCUT2D eigenvalue weighted by atomic mass is 10.2. The van der Waals surface area contributed by atoms with E-state index in [0.717, 1.165) is 10.6 Å². The van der Waals surface area contributed by atoms with E-state index in [9.17, 15) is 21.6 Å². The predicted octanol–water partition coefficient (Wildman–Crippen LogP) is 2.48. The first-order valence-electron chi connectivity index (χ1n) is 7.22. The topological polar surface area (TPSA) is 101 Å². The molecule has 3 aromatic heterocycles. The zero-order chi connectivity index (χ0) is 19.1. The fourth-order valence-corrected chi connectivity index (χ4v) is 3.31. The number of nitrogens with zero attached hydrogens (tertiary/aromatic N) is 5. The molecule has 0 saturated heterocycles. The van der Waals surface area contributed by atoms with Crippen molar-refractivity contribution in [2.45, 2.75) is 18.0 Å². The van der Waals surface area contributed by atoms with Crippen LogP contribution < -0.4 is 0 Å². The molecule has 0 atom stereocenters. The number of hydrogen-bond acceptors (Lipinski definition) is 6. The summed E-state index contributed by atoms with van der Waals surface area (Å²) in [6.45, 7) is 1.43. The van der Waals surface area contributed by atoms with Gasteiger partial charge in [0.15, 0.2) is 21.2 Å². The summed E-state index contributed by atoms with van der Waals surface area (Å²) < 4.78 is 63.9. The Morgan fingerprint density at radius 3 is 2.65 bits per heavy atom. The molecule has 0 radical (unpaired) electrons. The maximum absolute atomic E-state index is 12.8. The molecule has 134 valence electrons. The predicted molar refractivity (Wildman–Crippen MR) is 83.7 cm³/mol. The van der Waals surface area contributed by atoms with Crippen molar-refractivity contribution in [3.05, 3.63) is 41.9 Å².